The molecule has 2 aliphatic heterocycles. The molecule has 2 atom stereocenters. The van der Waals surface area contributed by atoms with E-state index in [1.165, 1.54) is 0 Å². The van der Waals surface area contributed by atoms with Gasteiger partial charge in [-0.05, 0) is 53.6 Å². The first-order valence-electron chi connectivity index (χ1n) is 12.8. The Morgan fingerprint density at radius 3 is 2.54 bits per heavy atom. The third kappa shape index (κ3) is 4.78. The monoisotopic (exact) mass is 499 g/mol. The van der Waals surface area contributed by atoms with Gasteiger partial charge >= 0.3 is 0 Å². The maximum absolute atomic E-state index is 13.4. The van der Waals surface area contributed by atoms with Crippen LogP contribution >= 0.6 is 0 Å². The number of ketones is 1. The lowest BCUT2D eigenvalue weighted by Crippen LogP contribution is -2.31. The molecule has 0 saturated carbocycles. The molecular formula is C30H33N3O4. The molecule has 0 bridgehead atoms. The predicted molar refractivity (Wildman–Crippen MR) is 141 cm³/mol. The van der Waals surface area contributed by atoms with Crippen molar-refractivity contribution in [3.8, 4) is 5.75 Å². The van der Waals surface area contributed by atoms with Gasteiger partial charge in [0, 0.05) is 37.5 Å². The zero-order chi connectivity index (χ0) is 26.3. The molecule has 1 amide bonds. The molecule has 1 aromatic heterocycles. The molecule has 1 saturated heterocycles. The van der Waals surface area contributed by atoms with Crippen molar-refractivity contribution < 1.29 is 19.4 Å². The second kappa shape index (κ2) is 9.54. The molecule has 0 radical (unpaired) electrons. The molecular weight excluding hydrogens is 466 g/mol. The number of hydrogen-bond acceptors (Lipinski definition) is 5. The number of imidazole rings is 1. The summed E-state index contributed by atoms with van der Waals surface area (Å²) in [6.07, 6.45) is 6.76. The van der Waals surface area contributed by atoms with E-state index in [9.17, 15) is 14.7 Å². The molecule has 1 fully saturated rings. The Balaban J connectivity index is 1.54. The van der Waals surface area contributed by atoms with Gasteiger partial charge in [0.05, 0.1) is 17.9 Å². The molecule has 3 aromatic rings. The van der Waals surface area contributed by atoms with Crippen LogP contribution in [-0.4, -0.2) is 43.9 Å². The number of carbonyl (C=O) groups excluding carboxylic acids is 2. The van der Waals surface area contributed by atoms with E-state index in [1.54, 1.807) is 23.5 Å². The number of benzene rings is 2. The number of amides is 1. The van der Waals surface area contributed by atoms with E-state index in [0.717, 1.165) is 28.9 Å². The molecule has 0 unspecified atom stereocenters. The minimum absolute atomic E-state index is 0.0330. The van der Waals surface area contributed by atoms with Crippen molar-refractivity contribution in [1.82, 2.24) is 14.5 Å². The molecule has 1 N–H and O–H groups in total. The van der Waals surface area contributed by atoms with E-state index in [0.29, 0.717) is 25.1 Å². The van der Waals surface area contributed by atoms with Gasteiger partial charge in [0.25, 0.3) is 11.7 Å². The number of aliphatic hydroxyl groups is 1. The van der Waals surface area contributed by atoms with Crippen LogP contribution in [0, 0.1) is 0 Å². The summed E-state index contributed by atoms with van der Waals surface area (Å²) in [6.45, 7) is 9.46. The van der Waals surface area contributed by atoms with Crippen molar-refractivity contribution >= 4 is 17.4 Å². The molecule has 7 nitrogen and oxygen atoms in total. The highest BCUT2D eigenvalue weighted by atomic mass is 16.5. The fraction of sp³-hybridized carbons (Fsp3) is 0.367. The van der Waals surface area contributed by atoms with Crippen molar-refractivity contribution in [2.45, 2.75) is 64.6 Å². The van der Waals surface area contributed by atoms with E-state index in [-0.39, 0.29) is 22.9 Å². The number of nitrogens with zero attached hydrogens (tertiary/aromatic N) is 3. The standard InChI is InChI=1S/C30H33N3O4/c1-19-16-22-17-21(8-11-24(22)37-19)27(34)25-26(20-6-9-23(10-7-20)30(2,3)4)33(29(36)28(25)35)14-5-13-32-15-12-31-18-32/h6-12,15,17-19,26,34H,5,13-14,16H2,1-4H3/t19-,26+/m1/s1. The fourth-order valence-electron chi connectivity index (χ4n) is 5.19. The minimum Gasteiger partial charge on any atom is -0.507 e. The van der Waals surface area contributed by atoms with Crippen LogP contribution in [-0.2, 0) is 28.0 Å². The smallest absolute Gasteiger partial charge is 0.295 e. The van der Waals surface area contributed by atoms with Crippen LogP contribution in [0.2, 0.25) is 0 Å². The number of aryl methyl sites for hydroxylation is 1. The van der Waals surface area contributed by atoms with E-state index >= 15 is 0 Å². The van der Waals surface area contributed by atoms with Gasteiger partial charge in [-0.3, -0.25) is 9.59 Å². The number of ether oxygens (including phenoxy) is 1. The van der Waals surface area contributed by atoms with Crippen molar-refractivity contribution in [2.24, 2.45) is 0 Å². The lowest BCUT2D eigenvalue weighted by atomic mass is 9.85. The Kier molecular flexibility index (Phi) is 6.40. The van der Waals surface area contributed by atoms with Crippen molar-refractivity contribution in [2.75, 3.05) is 6.54 Å². The zero-order valence-corrected chi connectivity index (χ0v) is 21.8. The molecule has 0 aliphatic carbocycles. The van der Waals surface area contributed by atoms with Crippen LogP contribution in [0.5, 0.6) is 5.75 Å². The summed E-state index contributed by atoms with van der Waals surface area (Å²) in [6, 6.07) is 12.8. The summed E-state index contributed by atoms with van der Waals surface area (Å²) >= 11 is 0. The summed E-state index contributed by atoms with van der Waals surface area (Å²) in [4.78, 5) is 32.3. The van der Waals surface area contributed by atoms with E-state index in [2.05, 4.69) is 25.8 Å². The van der Waals surface area contributed by atoms with Gasteiger partial charge in [0.2, 0.25) is 0 Å². The summed E-state index contributed by atoms with van der Waals surface area (Å²) < 4.78 is 7.73. The number of Topliss-reactive ketones (excluding diaryl/α,β-unsaturated/α-hetero) is 1. The zero-order valence-electron chi connectivity index (χ0n) is 21.8. The lowest BCUT2D eigenvalue weighted by Gasteiger charge is -2.26. The molecule has 37 heavy (non-hydrogen) atoms. The maximum atomic E-state index is 13.4. The van der Waals surface area contributed by atoms with Crippen molar-refractivity contribution in [3.63, 3.8) is 0 Å². The van der Waals surface area contributed by atoms with Gasteiger partial charge in [-0.25, -0.2) is 4.98 Å². The number of hydrogen-bond donors (Lipinski definition) is 1. The highest BCUT2D eigenvalue weighted by Gasteiger charge is 2.46. The number of likely N-dealkylation sites (tertiary alicyclic amines) is 1. The van der Waals surface area contributed by atoms with Crippen molar-refractivity contribution in [3.05, 3.63) is 89.0 Å². The molecule has 5 rings (SSSR count). The highest BCUT2D eigenvalue weighted by Crippen LogP contribution is 2.41. The second-order valence-corrected chi connectivity index (χ2v) is 11.0. The van der Waals surface area contributed by atoms with Crippen LogP contribution < -0.4 is 4.74 Å². The normalized spacial score (nSPS) is 20.8. The Bertz CT molecular complexity index is 1350. The van der Waals surface area contributed by atoms with E-state index < -0.39 is 17.7 Å². The average Bonchev–Trinajstić information content (AvgIpc) is 3.57. The summed E-state index contributed by atoms with van der Waals surface area (Å²) in [5, 5.41) is 11.4. The molecule has 2 aromatic carbocycles. The first-order valence-corrected chi connectivity index (χ1v) is 12.8. The number of carbonyl (C=O) groups is 2. The first-order chi connectivity index (χ1) is 17.6. The minimum atomic E-state index is -0.666. The van der Waals surface area contributed by atoms with E-state index in [4.69, 9.17) is 4.74 Å². The average molecular weight is 500 g/mol. The first kappa shape index (κ1) is 24.8. The lowest BCUT2D eigenvalue weighted by molar-refractivity contribution is -0.139. The number of aromatic nitrogens is 2. The van der Waals surface area contributed by atoms with Crippen LogP contribution in [0.1, 0.15) is 62.4 Å². The fourth-order valence-corrected chi connectivity index (χ4v) is 5.19. The summed E-state index contributed by atoms with van der Waals surface area (Å²) in [7, 11) is 0. The Morgan fingerprint density at radius 2 is 1.86 bits per heavy atom. The topological polar surface area (TPSA) is 84.7 Å². The molecule has 0 spiro atoms. The second-order valence-electron chi connectivity index (χ2n) is 11.0. The molecule has 7 heteroatoms. The van der Waals surface area contributed by atoms with Gasteiger partial charge in [-0.15, -0.1) is 0 Å². The van der Waals surface area contributed by atoms with Gasteiger partial charge < -0.3 is 19.3 Å². The number of fused-ring (bicyclic) bond motifs is 1. The van der Waals surface area contributed by atoms with Crippen LogP contribution in [0.4, 0.5) is 0 Å². The summed E-state index contributed by atoms with van der Waals surface area (Å²) in [5.41, 5.74) is 3.55. The highest BCUT2D eigenvalue weighted by molar-refractivity contribution is 6.46. The Morgan fingerprint density at radius 1 is 1.11 bits per heavy atom. The van der Waals surface area contributed by atoms with E-state index in [1.807, 2.05) is 54.1 Å². The van der Waals surface area contributed by atoms with Crippen molar-refractivity contribution in [1.29, 1.82) is 0 Å². The van der Waals surface area contributed by atoms with Gasteiger partial charge in [-0.2, -0.15) is 0 Å². The molecule has 192 valence electrons. The van der Waals surface area contributed by atoms with Gasteiger partial charge in [0.15, 0.2) is 0 Å². The van der Waals surface area contributed by atoms with Crippen LogP contribution in [0.15, 0.2) is 66.8 Å². The van der Waals surface area contributed by atoms with Crippen LogP contribution in [0.25, 0.3) is 5.76 Å². The number of aliphatic hydroxyl groups excluding tert-OH is 1. The third-order valence-corrected chi connectivity index (χ3v) is 7.18. The third-order valence-electron chi connectivity index (χ3n) is 7.18. The Labute approximate surface area is 217 Å². The Hall–Kier alpha value is -3.87. The maximum Gasteiger partial charge on any atom is 0.295 e. The van der Waals surface area contributed by atoms with Gasteiger partial charge in [-0.1, -0.05) is 45.0 Å². The largest absolute Gasteiger partial charge is 0.507 e. The quantitative estimate of drug-likeness (QED) is 0.293. The molecule has 2 aliphatic rings. The predicted octanol–water partition coefficient (Wildman–Crippen LogP) is 5.02. The SMILES string of the molecule is C[C@@H]1Cc2cc(C(O)=C3C(=O)C(=O)N(CCCn4ccnc4)[C@H]3c3ccc(C(C)(C)C)cc3)ccc2O1. The van der Waals surface area contributed by atoms with Crippen LogP contribution in [0.3, 0.4) is 0 Å². The van der Waals surface area contributed by atoms with Gasteiger partial charge in [0.1, 0.15) is 17.6 Å². The molecule has 3 heterocycles. The summed E-state index contributed by atoms with van der Waals surface area (Å²) in [5.74, 6) is -0.605. The number of rotatable bonds is 6.